The second-order valence-electron chi connectivity index (χ2n) is 8.93. The minimum absolute atomic E-state index is 0.0879. The third-order valence-corrected chi connectivity index (χ3v) is 6.29. The zero-order valence-corrected chi connectivity index (χ0v) is 20.9. The molecule has 1 heterocycles. The number of benzene rings is 2. The van der Waals surface area contributed by atoms with Crippen LogP contribution in [-0.2, 0) is 24.7 Å². The van der Waals surface area contributed by atoms with E-state index in [0.717, 1.165) is 17.7 Å². The molecule has 1 fully saturated rings. The molecular weight excluding hydrogens is 474 g/mol. The zero-order valence-electron chi connectivity index (χ0n) is 20.9. The number of carbonyl (C=O) groups is 4. The van der Waals surface area contributed by atoms with Gasteiger partial charge in [0.2, 0.25) is 5.91 Å². The number of hydrogen-bond acceptors (Lipinski definition) is 7. The average Bonchev–Trinajstić information content (AvgIpc) is 3.18. The Hall–Kier alpha value is -3.76. The lowest BCUT2D eigenvalue weighted by molar-refractivity contribution is -0.150. The van der Waals surface area contributed by atoms with E-state index >= 15 is 0 Å². The summed E-state index contributed by atoms with van der Waals surface area (Å²) in [5.41, 5.74) is 11.1. The molecule has 10 nitrogen and oxygen atoms in total. The summed E-state index contributed by atoms with van der Waals surface area (Å²) in [5, 5.41) is 5.57. The van der Waals surface area contributed by atoms with E-state index in [1.807, 2.05) is 12.1 Å². The van der Waals surface area contributed by atoms with Gasteiger partial charge in [-0.3, -0.25) is 14.4 Å². The third-order valence-electron chi connectivity index (χ3n) is 6.29. The summed E-state index contributed by atoms with van der Waals surface area (Å²) >= 11 is 0. The molecule has 0 aliphatic carbocycles. The number of amides is 4. The molecule has 6 N–H and O–H groups in total. The molecule has 4 amide bonds. The fourth-order valence-electron chi connectivity index (χ4n) is 4.21. The highest BCUT2D eigenvalue weighted by Crippen LogP contribution is 2.35. The molecule has 1 atom stereocenters. The van der Waals surface area contributed by atoms with Crippen LogP contribution in [0.3, 0.4) is 0 Å². The molecule has 0 spiro atoms. The number of nitrogens with one attached hydrogen (secondary N) is 2. The second-order valence-corrected chi connectivity index (χ2v) is 8.93. The van der Waals surface area contributed by atoms with Crippen molar-refractivity contribution < 1.29 is 23.9 Å². The van der Waals surface area contributed by atoms with E-state index in [9.17, 15) is 19.2 Å². The predicted octanol–water partition coefficient (Wildman–Crippen LogP) is 1.73. The summed E-state index contributed by atoms with van der Waals surface area (Å²) in [6, 6.07) is 16.7. The second kappa shape index (κ2) is 13.5. The molecule has 0 saturated carbocycles. The molecule has 2 aromatic rings. The van der Waals surface area contributed by atoms with Crippen LogP contribution in [0.5, 0.6) is 0 Å². The van der Waals surface area contributed by atoms with Crippen molar-refractivity contribution in [1.29, 1.82) is 0 Å². The normalized spacial score (nSPS) is 15.2. The van der Waals surface area contributed by atoms with Crippen LogP contribution < -0.4 is 22.1 Å². The maximum absolute atomic E-state index is 13.5. The third kappa shape index (κ3) is 6.93. The Morgan fingerprint density at radius 3 is 2.16 bits per heavy atom. The zero-order chi connectivity index (χ0) is 26.7. The van der Waals surface area contributed by atoms with Crippen LogP contribution >= 0.6 is 0 Å². The first-order valence-electron chi connectivity index (χ1n) is 12.5. The molecule has 0 radical (unpaired) electrons. The summed E-state index contributed by atoms with van der Waals surface area (Å²) < 4.78 is 5.24. The summed E-state index contributed by atoms with van der Waals surface area (Å²) in [6.45, 7) is 0.474. The first-order valence-corrected chi connectivity index (χ1v) is 12.5. The van der Waals surface area contributed by atoms with Gasteiger partial charge in [0.25, 0.3) is 5.91 Å². The van der Waals surface area contributed by atoms with E-state index in [2.05, 4.69) is 10.6 Å². The molecule has 1 unspecified atom stereocenters. The van der Waals surface area contributed by atoms with E-state index in [4.69, 9.17) is 16.2 Å². The van der Waals surface area contributed by atoms with Crippen molar-refractivity contribution in [3.05, 3.63) is 71.8 Å². The van der Waals surface area contributed by atoms with Gasteiger partial charge in [-0.2, -0.15) is 0 Å². The van der Waals surface area contributed by atoms with Crippen molar-refractivity contribution in [3.63, 3.8) is 0 Å². The van der Waals surface area contributed by atoms with E-state index in [1.54, 1.807) is 48.5 Å². The van der Waals surface area contributed by atoms with E-state index in [0.29, 0.717) is 43.5 Å². The largest absolute Gasteiger partial charge is 0.444 e. The van der Waals surface area contributed by atoms with Crippen molar-refractivity contribution in [2.45, 2.75) is 50.1 Å². The Balaban J connectivity index is 1.49. The first kappa shape index (κ1) is 27.8. The lowest BCUT2D eigenvalue weighted by atomic mass is 9.83. The quantitative estimate of drug-likeness (QED) is 0.172. The van der Waals surface area contributed by atoms with Gasteiger partial charge in [0, 0.05) is 13.0 Å². The SMILES string of the molecule is NCCCCC(N)C(=O)NCCCCC(=O)OCN1C(=O)NC(c2ccccc2)(c2ccccc2)C1=O. The fraction of sp³-hybridized carbons (Fsp3) is 0.407. The summed E-state index contributed by atoms with van der Waals surface area (Å²) in [6.07, 6.45) is 3.32. The Kier molecular flexibility index (Phi) is 10.2. The Morgan fingerprint density at radius 2 is 1.57 bits per heavy atom. The van der Waals surface area contributed by atoms with Crippen LogP contribution in [0, 0.1) is 0 Å². The van der Waals surface area contributed by atoms with Crippen molar-refractivity contribution in [3.8, 4) is 0 Å². The number of ether oxygens (including phenoxy) is 1. The van der Waals surface area contributed by atoms with Crippen LogP contribution in [0.25, 0.3) is 0 Å². The minimum Gasteiger partial charge on any atom is -0.444 e. The monoisotopic (exact) mass is 509 g/mol. The number of unbranched alkanes of at least 4 members (excludes halogenated alkanes) is 2. The van der Waals surface area contributed by atoms with Crippen molar-refractivity contribution in [2.24, 2.45) is 11.5 Å². The molecule has 2 aromatic carbocycles. The van der Waals surface area contributed by atoms with Crippen LogP contribution in [-0.4, -0.2) is 54.6 Å². The first-order chi connectivity index (χ1) is 17.9. The van der Waals surface area contributed by atoms with Gasteiger partial charge in [-0.15, -0.1) is 0 Å². The van der Waals surface area contributed by atoms with Crippen molar-refractivity contribution >= 4 is 23.8 Å². The maximum Gasteiger partial charge on any atom is 0.328 e. The molecule has 0 aromatic heterocycles. The van der Waals surface area contributed by atoms with Crippen LogP contribution in [0.1, 0.15) is 49.7 Å². The highest BCUT2D eigenvalue weighted by molar-refractivity contribution is 6.09. The number of rotatable bonds is 14. The van der Waals surface area contributed by atoms with Gasteiger partial charge in [-0.1, -0.05) is 67.1 Å². The lowest BCUT2D eigenvalue weighted by Gasteiger charge is -2.27. The number of urea groups is 1. The summed E-state index contributed by atoms with van der Waals surface area (Å²) in [4.78, 5) is 51.5. The van der Waals surface area contributed by atoms with Gasteiger partial charge in [0.05, 0.1) is 6.04 Å². The molecule has 1 aliphatic heterocycles. The molecule has 10 heteroatoms. The number of esters is 1. The molecule has 37 heavy (non-hydrogen) atoms. The fourth-order valence-corrected chi connectivity index (χ4v) is 4.21. The highest BCUT2D eigenvalue weighted by atomic mass is 16.5. The van der Waals surface area contributed by atoms with E-state index in [-0.39, 0.29) is 12.3 Å². The Bertz CT molecular complexity index is 1020. The van der Waals surface area contributed by atoms with Crippen LogP contribution in [0.2, 0.25) is 0 Å². The lowest BCUT2D eigenvalue weighted by Crippen LogP contribution is -2.45. The van der Waals surface area contributed by atoms with Crippen LogP contribution in [0.4, 0.5) is 4.79 Å². The molecular formula is C27H35N5O5. The summed E-state index contributed by atoms with van der Waals surface area (Å²) in [5.74, 6) is -1.28. The van der Waals surface area contributed by atoms with Crippen molar-refractivity contribution in [2.75, 3.05) is 19.8 Å². The van der Waals surface area contributed by atoms with E-state index < -0.39 is 36.2 Å². The average molecular weight is 510 g/mol. The predicted molar refractivity (Wildman–Crippen MR) is 138 cm³/mol. The molecule has 3 rings (SSSR count). The van der Waals surface area contributed by atoms with Gasteiger partial charge in [0.1, 0.15) is 0 Å². The minimum atomic E-state index is -1.41. The molecule has 0 bridgehead atoms. The highest BCUT2D eigenvalue weighted by Gasteiger charge is 2.54. The number of nitrogens with zero attached hydrogens (tertiary/aromatic N) is 1. The smallest absolute Gasteiger partial charge is 0.328 e. The van der Waals surface area contributed by atoms with Gasteiger partial charge < -0.3 is 26.8 Å². The van der Waals surface area contributed by atoms with Crippen LogP contribution in [0.15, 0.2) is 60.7 Å². The molecule has 1 aliphatic rings. The molecule has 198 valence electrons. The number of imide groups is 1. The van der Waals surface area contributed by atoms with Gasteiger partial charge in [-0.25, -0.2) is 9.69 Å². The Morgan fingerprint density at radius 1 is 0.946 bits per heavy atom. The summed E-state index contributed by atoms with van der Waals surface area (Å²) in [7, 11) is 0. The van der Waals surface area contributed by atoms with Crippen molar-refractivity contribution in [1.82, 2.24) is 15.5 Å². The van der Waals surface area contributed by atoms with E-state index in [1.165, 1.54) is 0 Å². The van der Waals surface area contributed by atoms with Gasteiger partial charge in [-0.05, 0) is 43.4 Å². The van der Waals surface area contributed by atoms with Gasteiger partial charge in [0.15, 0.2) is 12.3 Å². The number of hydrogen-bond donors (Lipinski definition) is 4. The number of carbonyl (C=O) groups excluding carboxylic acids is 4. The standard InChI is InChI=1S/C27H35N5O5/c28-17-9-7-15-22(29)24(34)30-18-10-8-16-23(33)37-19-32-25(35)27(31-26(32)36,20-11-3-1-4-12-20)21-13-5-2-6-14-21/h1-6,11-14,22H,7-10,15-19,28-29H2,(H,30,34)(H,31,36). The molecule has 1 saturated heterocycles. The van der Waals surface area contributed by atoms with Gasteiger partial charge >= 0.3 is 12.0 Å². The maximum atomic E-state index is 13.5. The number of nitrogens with two attached hydrogens (primary N) is 2. The Labute approximate surface area is 216 Å². The topological polar surface area (TPSA) is 157 Å².